The van der Waals surface area contributed by atoms with E-state index in [-0.39, 0.29) is 5.76 Å². The van der Waals surface area contributed by atoms with Crippen molar-refractivity contribution in [1.29, 1.82) is 0 Å². The Kier molecular flexibility index (Phi) is 5.81. The van der Waals surface area contributed by atoms with Gasteiger partial charge in [0, 0.05) is 0 Å². The first-order chi connectivity index (χ1) is 11.0. The van der Waals surface area contributed by atoms with Crippen molar-refractivity contribution >= 4 is 73.1 Å². The summed E-state index contributed by atoms with van der Waals surface area (Å²) < 4.78 is 11.9. The Morgan fingerprint density at radius 2 is 2.08 bits per heavy atom. The van der Waals surface area contributed by atoms with Crippen LogP contribution >= 0.6 is 50.1 Å². The van der Waals surface area contributed by atoms with E-state index < -0.39 is 23.5 Å². The van der Waals surface area contributed by atoms with Crippen molar-refractivity contribution in [1.82, 2.24) is 10.3 Å². The van der Waals surface area contributed by atoms with Crippen LogP contribution in [0.15, 0.2) is 15.0 Å². The standard InChI is InChI=1S/C15H15BrClIN2O4/c1-6(19-14(22)24-15(2,3)4)11(21)13-9(16)10-12(23-13)7(18)5-8(17)20-10/h5-6H,1-4H3,(H,19,22). The van der Waals surface area contributed by atoms with Crippen LogP contribution in [0.25, 0.3) is 11.1 Å². The molecule has 1 atom stereocenters. The number of carbonyl (C=O) groups excluding carboxylic acids is 2. The van der Waals surface area contributed by atoms with E-state index in [1.807, 2.05) is 22.6 Å². The first kappa shape index (κ1) is 19.5. The summed E-state index contributed by atoms with van der Waals surface area (Å²) in [5.74, 6) is -0.334. The molecule has 6 nitrogen and oxygen atoms in total. The van der Waals surface area contributed by atoms with Gasteiger partial charge in [0.2, 0.25) is 5.78 Å². The number of hydrogen-bond acceptors (Lipinski definition) is 5. The lowest BCUT2D eigenvalue weighted by molar-refractivity contribution is 0.0495. The van der Waals surface area contributed by atoms with E-state index in [1.165, 1.54) is 0 Å². The van der Waals surface area contributed by atoms with Gasteiger partial charge < -0.3 is 14.5 Å². The fourth-order valence-electron chi connectivity index (χ4n) is 1.88. The number of nitrogens with zero attached hydrogens (tertiary/aromatic N) is 1. The molecule has 2 aromatic rings. The van der Waals surface area contributed by atoms with Crippen molar-refractivity contribution in [3.05, 3.63) is 25.0 Å². The molecule has 1 unspecified atom stereocenters. The molecule has 1 amide bonds. The van der Waals surface area contributed by atoms with Crippen LogP contribution in [-0.4, -0.2) is 28.5 Å². The van der Waals surface area contributed by atoms with Crippen LogP contribution in [0.5, 0.6) is 0 Å². The second-order valence-corrected chi connectivity index (χ2v) is 8.42. The Hall–Kier alpha value is -0.870. The average molecular weight is 530 g/mol. The molecule has 2 aromatic heterocycles. The number of alkyl carbamates (subject to hydrolysis) is 1. The summed E-state index contributed by atoms with van der Waals surface area (Å²) in [4.78, 5) is 28.5. The molecule has 0 aliphatic rings. The van der Waals surface area contributed by atoms with Gasteiger partial charge in [0.15, 0.2) is 11.3 Å². The number of furan rings is 1. The number of carbonyl (C=O) groups is 2. The number of amides is 1. The Morgan fingerprint density at radius 1 is 1.46 bits per heavy atom. The number of rotatable bonds is 3. The summed E-state index contributed by atoms with van der Waals surface area (Å²) >= 11 is 11.3. The summed E-state index contributed by atoms with van der Waals surface area (Å²) in [7, 11) is 0. The number of pyridine rings is 1. The SMILES string of the molecule is CC(NC(=O)OC(C)(C)C)C(=O)c1oc2c(I)cc(Cl)nc2c1Br. The van der Waals surface area contributed by atoms with E-state index in [0.29, 0.717) is 20.7 Å². The second kappa shape index (κ2) is 7.17. The molecule has 130 valence electrons. The molecule has 9 heteroatoms. The van der Waals surface area contributed by atoms with E-state index in [9.17, 15) is 9.59 Å². The smallest absolute Gasteiger partial charge is 0.408 e. The molecule has 0 spiro atoms. The largest absolute Gasteiger partial charge is 0.449 e. The number of ketones is 1. The predicted molar refractivity (Wildman–Crippen MR) is 103 cm³/mol. The molecule has 0 saturated heterocycles. The zero-order valence-electron chi connectivity index (χ0n) is 13.4. The Morgan fingerprint density at radius 3 is 2.67 bits per heavy atom. The van der Waals surface area contributed by atoms with Crippen LogP contribution in [0.2, 0.25) is 5.15 Å². The summed E-state index contributed by atoms with van der Waals surface area (Å²) in [6.07, 6.45) is -0.675. The van der Waals surface area contributed by atoms with Crippen molar-refractivity contribution in [3.63, 3.8) is 0 Å². The molecule has 0 bridgehead atoms. The van der Waals surface area contributed by atoms with Crippen LogP contribution in [-0.2, 0) is 4.74 Å². The van der Waals surface area contributed by atoms with Crippen LogP contribution in [0.1, 0.15) is 38.2 Å². The molecule has 1 N–H and O–H groups in total. The van der Waals surface area contributed by atoms with Gasteiger partial charge in [-0.25, -0.2) is 9.78 Å². The number of halogens is 3. The highest BCUT2D eigenvalue weighted by molar-refractivity contribution is 14.1. The maximum atomic E-state index is 12.6. The fourth-order valence-corrected chi connectivity index (χ4v) is 3.46. The van der Waals surface area contributed by atoms with Crippen LogP contribution < -0.4 is 5.32 Å². The van der Waals surface area contributed by atoms with Gasteiger partial charge in [-0.3, -0.25) is 4.79 Å². The van der Waals surface area contributed by atoms with Crippen molar-refractivity contribution in [2.75, 3.05) is 0 Å². The molecular weight excluding hydrogens is 514 g/mol. The third kappa shape index (κ3) is 4.40. The van der Waals surface area contributed by atoms with Gasteiger partial charge in [0.05, 0.1) is 14.1 Å². The molecule has 0 saturated carbocycles. The number of hydrogen-bond donors (Lipinski definition) is 1. The lowest BCUT2D eigenvalue weighted by atomic mass is 10.1. The summed E-state index contributed by atoms with van der Waals surface area (Å²) in [6.45, 7) is 6.78. The Labute approximate surface area is 165 Å². The Balaban J connectivity index is 2.26. The summed E-state index contributed by atoms with van der Waals surface area (Å²) in [5, 5.41) is 2.79. The monoisotopic (exact) mass is 528 g/mol. The van der Waals surface area contributed by atoms with E-state index in [2.05, 4.69) is 26.2 Å². The minimum Gasteiger partial charge on any atom is -0.449 e. The van der Waals surface area contributed by atoms with Crippen LogP contribution in [0, 0.1) is 3.57 Å². The van der Waals surface area contributed by atoms with Crippen molar-refractivity contribution in [3.8, 4) is 0 Å². The van der Waals surface area contributed by atoms with Gasteiger partial charge in [-0.15, -0.1) is 0 Å². The second-order valence-electron chi connectivity index (χ2n) is 6.08. The maximum absolute atomic E-state index is 12.6. The third-order valence-electron chi connectivity index (χ3n) is 2.86. The molecular formula is C15H15BrClIN2O4. The highest BCUT2D eigenvalue weighted by Crippen LogP contribution is 2.34. The number of Topliss-reactive ketones (excluding diaryl/α,β-unsaturated/α-hetero) is 1. The first-order valence-electron chi connectivity index (χ1n) is 6.97. The highest BCUT2D eigenvalue weighted by atomic mass is 127. The van der Waals surface area contributed by atoms with Crippen molar-refractivity contribution < 1.29 is 18.7 Å². The Bertz CT molecular complexity index is 816. The van der Waals surface area contributed by atoms with Crippen molar-refractivity contribution in [2.45, 2.75) is 39.3 Å². The lowest BCUT2D eigenvalue weighted by Crippen LogP contribution is -2.41. The number of fused-ring (bicyclic) bond motifs is 1. The summed E-state index contributed by atoms with van der Waals surface area (Å²) in [6, 6.07) is 0.807. The minimum absolute atomic E-state index is 0.0706. The molecule has 2 heterocycles. The fraction of sp³-hybridized carbons (Fsp3) is 0.400. The minimum atomic E-state index is -0.829. The molecule has 2 rings (SSSR count). The zero-order valence-corrected chi connectivity index (χ0v) is 17.9. The van der Waals surface area contributed by atoms with Crippen LogP contribution in [0.4, 0.5) is 4.79 Å². The van der Waals surface area contributed by atoms with E-state index >= 15 is 0 Å². The van der Waals surface area contributed by atoms with E-state index in [4.69, 9.17) is 20.8 Å². The maximum Gasteiger partial charge on any atom is 0.408 e. The number of aromatic nitrogens is 1. The molecule has 0 aliphatic carbocycles. The quantitative estimate of drug-likeness (QED) is 0.346. The number of nitrogens with one attached hydrogen (secondary N) is 1. The first-order valence-corrected chi connectivity index (χ1v) is 9.22. The highest BCUT2D eigenvalue weighted by Gasteiger charge is 2.28. The van der Waals surface area contributed by atoms with E-state index in [1.54, 1.807) is 33.8 Å². The molecule has 0 radical (unpaired) electrons. The molecule has 0 aromatic carbocycles. The van der Waals surface area contributed by atoms with Gasteiger partial charge in [-0.2, -0.15) is 0 Å². The topological polar surface area (TPSA) is 81.4 Å². The third-order valence-corrected chi connectivity index (χ3v) is 4.59. The van der Waals surface area contributed by atoms with Crippen molar-refractivity contribution in [2.24, 2.45) is 0 Å². The van der Waals surface area contributed by atoms with Crippen LogP contribution in [0.3, 0.4) is 0 Å². The predicted octanol–water partition coefficient (Wildman–Crippen LogP) is 4.94. The van der Waals surface area contributed by atoms with Gasteiger partial charge in [-0.1, -0.05) is 11.6 Å². The normalized spacial score (nSPS) is 13.0. The van der Waals surface area contributed by atoms with Gasteiger partial charge in [0.25, 0.3) is 0 Å². The number of ether oxygens (including phenoxy) is 1. The van der Waals surface area contributed by atoms with Gasteiger partial charge >= 0.3 is 6.09 Å². The van der Waals surface area contributed by atoms with E-state index in [0.717, 1.165) is 3.57 Å². The molecule has 0 fully saturated rings. The lowest BCUT2D eigenvalue weighted by Gasteiger charge is -2.21. The van der Waals surface area contributed by atoms with Gasteiger partial charge in [0.1, 0.15) is 16.3 Å². The summed E-state index contributed by atoms with van der Waals surface area (Å²) in [5.41, 5.74) is 0.267. The molecule has 24 heavy (non-hydrogen) atoms. The van der Waals surface area contributed by atoms with Gasteiger partial charge in [-0.05, 0) is 72.3 Å². The molecule has 0 aliphatic heterocycles. The average Bonchev–Trinajstić information content (AvgIpc) is 2.73. The zero-order chi connectivity index (χ0) is 18.2.